The van der Waals surface area contributed by atoms with Crippen molar-refractivity contribution < 1.29 is 17.7 Å². The molecule has 3 aromatic rings. The van der Waals surface area contributed by atoms with Crippen LogP contribution in [0.4, 0.5) is 0 Å². The maximum Gasteiger partial charge on any atom is 0.267 e. The van der Waals surface area contributed by atoms with Crippen LogP contribution in [0.25, 0.3) is 5.69 Å². The van der Waals surface area contributed by atoms with Crippen molar-refractivity contribution in [2.75, 3.05) is 0 Å². The Morgan fingerprint density at radius 2 is 1.91 bits per heavy atom. The van der Waals surface area contributed by atoms with Crippen LogP contribution in [-0.2, 0) is 23.0 Å². The van der Waals surface area contributed by atoms with Crippen LogP contribution in [0.2, 0.25) is 5.02 Å². The number of ether oxygens (including phenoxy) is 1. The first-order chi connectivity index (χ1) is 16.3. The predicted molar refractivity (Wildman–Crippen MR) is 128 cm³/mol. The molecule has 2 aliphatic rings. The number of rotatable bonds is 5. The van der Waals surface area contributed by atoms with Gasteiger partial charge in [-0.05, 0) is 74.8 Å². The molecule has 2 aromatic heterocycles. The molecule has 5 rings (SSSR count). The lowest BCUT2D eigenvalue weighted by Gasteiger charge is -2.28. The molecule has 0 radical (unpaired) electrons. The van der Waals surface area contributed by atoms with Gasteiger partial charge in [-0.3, -0.25) is 9.12 Å². The van der Waals surface area contributed by atoms with Crippen LogP contribution in [0.15, 0.2) is 42.6 Å². The van der Waals surface area contributed by atoms with E-state index in [-0.39, 0.29) is 17.9 Å². The second-order valence-corrected chi connectivity index (χ2v) is 11.4. The topological polar surface area (TPSA) is 107 Å². The third-order valence-electron chi connectivity index (χ3n) is 7.06. The van der Waals surface area contributed by atoms with Gasteiger partial charge in [-0.2, -0.15) is 8.42 Å². The van der Waals surface area contributed by atoms with Crippen LogP contribution in [0, 0.1) is 5.92 Å². The summed E-state index contributed by atoms with van der Waals surface area (Å²) in [4.78, 5) is 4.26. The van der Waals surface area contributed by atoms with Crippen molar-refractivity contribution >= 4 is 21.7 Å². The number of hydrogen-bond donors (Lipinski definition) is 1. The number of benzene rings is 1. The molecule has 2 atom stereocenters. The molecular weight excluding hydrogens is 476 g/mol. The summed E-state index contributed by atoms with van der Waals surface area (Å²) < 4.78 is 41.7. The van der Waals surface area contributed by atoms with Crippen LogP contribution < -0.4 is 4.74 Å². The third-order valence-corrected chi connectivity index (χ3v) is 8.62. The molecule has 1 aliphatic heterocycles. The van der Waals surface area contributed by atoms with E-state index in [0.717, 1.165) is 42.8 Å². The maximum absolute atomic E-state index is 11.9. The predicted octanol–water partition coefficient (Wildman–Crippen LogP) is 4.41. The molecule has 1 aromatic carbocycles. The van der Waals surface area contributed by atoms with Gasteiger partial charge in [0.15, 0.2) is 0 Å². The lowest BCUT2D eigenvalue weighted by atomic mass is 9.86. The number of nitrogens with zero attached hydrogens (tertiary/aromatic N) is 4. The molecule has 3 heterocycles. The van der Waals surface area contributed by atoms with Crippen molar-refractivity contribution in [2.45, 2.75) is 62.7 Å². The quantitative estimate of drug-likeness (QED) is 0.515. The van der Waals surface area contributed by atoms with Crippen molar-refractivity contribution in [1.29, 1.82) is 0 Å². The highest BCUT2D eigenvalue weighted by atomic mass is 35.5. The van der Waals surface area contributed by atoms with E-state index < -0.39 is 15.4 Å². The molecule has 8 nitrogen and oxygen atoms in total. The Kier molecular flexibility index (Phi) is 6.35. The summed E-state index contributed by atoms with van der Waals surface area (Å²) in [6.07, 6.45) is 6.31. The summed E-state index contributed by atoms with van der Waals surface area (Å²) in [7, 11) is -4.19. The van der Waals surface area contributed by atoms with Crippen molar-refractivity contribution in [3.8, 4) is 11.6 Å². The maximum atomic E-state index is 11.9. The Labute approximate surface area is 204 Å². The van der Waals surface area contributed by atoms with Crippen LogP contribution >= 0.6 is 11.6 Å². The number of hydrogen-bond acceptors (Lipinski definition) is 6. The molecule has 34 heavy (non-hydrogen) atoms. The largest absolute Gasteiger partial charge is 0.474 e. The fraction of sp³-hybridized carbons (Fsp3) is 0.458. The van der Waals surface area contributed by atoms with Gasteiger partial charge in [0.25, 0.3) is 10.1 Å². The summed E-state index contributed by atoms with van der Waals surface area (Å²) >= 11 is 6.29. The first kappa shape index (κ1) is 23.3. The van der Waals surface area contributed by atoms with E-state index >= 15 is 0 Å². The molecule has 1 saturated carbocycles. The standard InChI is InChI=1S/C24H27ClN4O4S/c1-15(34(30,31)32)17-12-18-13-19(25)7-10-21(18)29-22(14-17)27-28-24(29)16-5-8-20(9-6-16)33-23-4-2-3-11-26-23/h2-4,7,10-11,13,15-17,20H,5-6,8-9,12,14H2,1H3,(H,30,31,32)/t15?,16-,17?,20-. The SMILES string of the molecule is CC(C1Cc2cc(Cl)ccc2-n2c(nnc2[C@H]2CC[C@H](Oc3ccccn3)CC2)C1)S(=O)(=O)O. The monoisotopic (exact) mass is 502 g/mol. The average molecular weight is 503 g/mol. The third kappa shape index (κ3) is 4.69. The van der Waals surface area contributed by atoms with Crippen molar-refractivity contribution in [3.63, 3.8) is 0 Å². The molecule has 0 saturated heterocycles. The van der Waals surface area contributed by atoms with Crippen LogP contribution in [0.1, 0.15) is 55.7 Å². The first-order valence-corrected chi connectivity index (χ1v) is 13.4. The minimum absolute atomic E-state index is 0.115. The Hall–Kier alpha value is -2.49. The molecule has 1 aliphatic carbocycles. The fourth-order valence-electron chi connectivity index (χ4n) is 5.12. The van der Waals surface area contributed by atoms with Gasteiger partial charge in [0.1, 0.15) is 17.8 Å². The molecule has 180 valence electrons. The Balaban J connectivity index is 1.42. The second kappa shape index (κ2) is 9.28. The number of aromatic nitrogens is 4. The van der Waals surface area contributed by atoms with E-state index in [1.54, 1.807) is 13.1 Å². The van der Waals surface area contributed by atoms with Gasteiger partial charge < -0.3 is 4.74 Å². The van der Waals surface area contributed by atoms with Crippen LogP contribution in [0.5, 0.6) is 5.88 Å². The van der Waals surface area contributed by atoms with E-state index in [9.17, 15) is 13.0 Å². The van der Waals surface area contributed by atoms with Gasteiger partial charge in [-0.1, -0.05) is 17.7 Å². The van der Waals surface area contributed by atoms with Gasteiger partial charge in [-0.25, -0.2) is 4.98 Å². The van der Waals surface area contributed by atoms with Crippen molar-refractivity contribution in [2.24, 2.45) is 5.92 Å². The first-order valence-electron chi connectivity index (χ1n) is 11.6. The lowest BCUT2D eigenvalue weighted by Crippen LogP contribution is -2.29. The molecule has 2 unspecified atom stereocenters. The Morgan fingerprint density at radius 1 is 1.12 bits per heavy atom. The highest BCUT2D eigenvalue weighted by Crippen LogP contribution is 2.38. The van der Waals surface area contributed by atoms with E-state index in [0.29, 0.717) is 29.6 Å². The van der Waals surface area contributed by atoms with E-state index in [2.05, 4.69) is 19.7 Å². The van der Waals surface area contributed by atoms with E-state index in [4.69, 9.17) is 16.3 Å². The van der Waals surface area contributed by atoms with E-state index in [1.807, 2.05) is 36.4 Å². The molecule has 1 fully saturated rings. The second-order valence-electron chi connectivity index (χ2n) is 9.23. The highest BCUT2D eigenvalue weighted by Gasteiger charge is 2.35. The Bertz CT molecular complexity index is 1270. The summed E-state index contributed by atoms with van der Waals surface area (Å²) in [6.45, 7) is 1.54. The summed E-state index contributed by atoms with van der Waals surface area (Å²) in [5.41, 5.74) is 1.86. The molecule has 0 amide bonds. The lowest BCUT2D eigenvalue weighted by molar-refractivity contribution is 0.139. The van der Waals surface area contributed by atoms with Crippen LogP contribution in [0.3, 0.4) is 0 Å². The minimum Gasteiger partial charge on any atom is -0.474 e. The average Bonchev–Trinajstić information content (AvgIpc) is 3.15. The molecule has 1 N–H and O–H groups in total. The van der Waals surface area contributed by atoms with Gasteiger partial charge in [0, 0.05) is 29.6 Å². The fourth-order valence-corrected chi connectivity index (χ4v) is 5.99. The number of halogens is 1. The Morgan fingerprint density at radius 3 is 2.62 bits per heavy atom. The van der Waals surface area contributed by atoms with Crippen molar-refractivity contribution in [1.82, 2.24) is 19.7 Å². The van der Waals surface area contributed by atoms with Crippen molar-refractivity contribution in [3.05, 3.63) is 64.8 Å². The zero-order chi connectivity index (χ0) is 23.9. The zero-order valence-electron chi connectivity index (χ0n) is 18.8. The number of fused-ring (bicyclic) bond motifs is 3. The zero-order valence-corrected chi connectivity index (χ0v) is 20.4. The van der Waals surface area contributed by atoms with Gasteiger partial charge in [0.05, 0.1) is 10.9 Å². The molecule has 10 heteroatoms. The smallest absolute Gasteiger partial charge is 0.267 e. The summed E-state index contributed by atoms with van der Waals surface area (Å²) in [5, 5.41) is 8.70. The molecular formula is C24H27ClN4O4S. The number of pyridine rings is 1. The summed E-state index contributed by atoms with van der Waals surface area (Å²) in [6, 6.07) is 11.3. The summed E-state index contributed by atoms with van der Waals surface area (Å²) in [5.74, 6) is 2.11. The molecule has 0 spiro atoms. The normalized spacial score (nSPS) is 23.4. The van der Waals surface area contributed by atoms with E-state index in [1.165, 1.54) is 0 Å². The van der Waals surface area contributed by atoms with Gasteiger partial charge >= 0.3 is 0 Å². The molecule has 0 bridgehead atoms. The minimum atomic E-state index is -4.19. The highest BCUT2D eigenvalue weighted by molar-refractivity contribution is 7.86. The van der Waals surface area contributed by atoms with Gasteiger partial charge in [0.2, 0.25) is 5.88 Å². The van der Waals surface area contributed by atoms with Gasteiger partial charge in [-0.15, -0.1) is 10.2 Å². The van der Waals surface area contributed by atoms with Crippen LogP contribution in [-0.4, -0.2) is 44.1 Å².